The summed E-state index contributed by atoms with van der Waals surface area (Å²) in [5.74, 6) is 0. The minimum atomic E-state index is 0.0609. The van der Waals surface area contributed by atoms with E-state index >= 15 is 0 Å². The minimum Gasteiger partial charge on any atom is -0.367 e. The Labute approximate surface area is 100 Å². The van der Waals surface area contributed by atoms with Crippen LogP contribution in [0.5, 0.6) is 0 Å². The fourth-order valence-electron chi connectivity index (χ4n) is 3.07. The summed E-state index contributed by atoms with van der Waals surface area (Å²) in [5.41, 5.74) is 2.91. The van der Waals surface area contributed by atoms with Crippen molar-refractivity contribution in [2.75, 3.05) is 0 Å². The lowest BCUT2D eigenvalue weighted by atomic mass is 9.69. The molecule has 1 atom stereocenters. The molecule has 1 heteroatoms. The van der Waals surface area contributed by atoms with Gasteiger partial charge in [0.05, 0.1) is 0 Å². The molecular weight excluding hydrogens is 206 g/mol. The van der Waals surface area contributed by atoms with Crippen molar-refractivity contribution in [2.45, 2.75) is 6.42 Å². The molecule has 0 saturated heterocycles. The average molecular weight is 219 g/mol. The van der Waals surface area contributed by atoms with Gasteiger partial charge < -0.3 is 5.32 Å². The van der Waals surface area contributed by atoms with Crippen LogP contribution in [0.2, 0.25) is 0 Å². The summed E-state index contributed by atoms with van der Waals surface area (Å²) < 4.78 is 0. The lowest BCUT2D eigenvalue weighted by Gasteiger charge is -2.35. The highest BCUT2D eigenvalue weighted by atomic mass is 14.8. The fourth-order valence-corrected chi connectivity index (χ4v) is 3.07. The van der Waals surface area contributed by atoms with E-state index in [1.54, 1.807) is 0 Å². The van der Waals surface area contributed by atoms with Gasteiger partial charge in [-0.3, -0.25) is 0 Å². The van der Waals surface area contributed by atoms with Gasteiger partial charge >= 0.3 is 0 Å². The number of benzene rings is 1. The summed E-state index contributed by atoms with van der Waals surface area (Å²) in [6, 6.07) is 6.77. The highest BCUT2D eigenvalue weighted by molar-refractivity contribution is 5.73. The molecule has 3 aliphatic rings. The van der Waals surface area contributed by atoms with E-state index in [2.05, 4.69) is 66.3 Å². The van der Waals surface area contributed by atoms with Crippen LogP contribution in [-0.2, 0) is 6.42 Å². The van der Waals surface area contributed by atoms with Gasteiger partial charge in [0.1, 0.15) is 0 Å². The second-order valence-corrected chi connectivity index (χ2v) is 4.91. The molecule has 1 aromatic rings. The zero-order valence-electron chi connectivity index (χ0n) is 9.48. The molecule has 0 radical (unpaired) electrons. The molecule has 0 amide bonds. The first-order chi connectivity index (χ1) is 8.37. The molecule has 0 fully saturated rings. The second-order valence-electron chi connectivity index (χ2n) is 4.91. The number of hydrogen-bond acceptors (Lipinski definition) is 1. The number of fused-ring (bicyclic) bond motifs is 1. The summed E-state index contributed by atoms with van der Waals surface area (Å²) in [4.78, 5) is 0. The van der Waals surface area contributed by atoms with Crippen LogP contribution in [0.4, 0.5) is 0 Å². The Morgan fingerprint density at radius 2 is 2.12 bits per heavy atom. The summed E-state index contributed by atoms with van der Waals surface area (Å²) in [5, 5.41) is 5.90. The Balaban J connectivity index is 2.26. The number of nitrogens with one attached hydrogen (secondary N) is 1. The topological polar surface area (TPSA) is 12.0 Å². The number of hydrogen-bond donors (Lipinski definition) is 1. The Hall–Kier alpha value is -2.02. The van der Waals surface area contributed by atoms with Gasteiger partial charge in [-0.25, -0.2) is 0 Å². The molecule has 0 spiro atoms. The lowest BCUT2D eigenvalue weighted by Crippen LogP contribution is -2.40. The van der Waals surface area contributed by atoms with Gasteiger partial charge in [-0.2, -0.15) is 0 Å². The minimum absolute atomic E-state index is 0.0609. The Morgan fingerprint density at radius 1 is 1.12 bits per heavy atom. The molecule has 1 N–H and O–H groups in total. The smallest absolute Gasteiger partial charge is 0.0378 e. The van der Waals surface area contributed by atoms with Crippen molar-refractivity contribution >= 4 is 11.8 Å². The molecule has 17 heavy (non-hydrogen) atoms. The van der Waals surface area contributed by atoms with Gasteiger partial charge in [0.15, 0.2) is 0 Å². The fraction of sp³-hybridized carbons (Fsp3) is 0.125. The van der Waals surface area contributed by atoms with E-state index in [4.69, 9.17) is 0 Å². The standard InChI is InChI=1S/C16H13N/c1-2-6-16-7-8-17-11-13-5-4-12(10-16)9-14(13)15(16)3-1/h1-9,11,17H,10H2/b8-7-,13-11?. The van der Waals surface area contributed by atoms with Crippen LogP contribution >= 0.6 is 0 Å². The first kappa shape index (κ1) is 9.06. The third-order valence-corrected chi connectivity index (χ3v) is 3.89. The molecular formula is C16H13N. The predicted molar refractivity (Wildman–Crippen MR) is 70.3 cm³/mol. The van der Waals surface area contributed by atoms with Crippen molar-refractivity contribution in [1.29, 1.82) is 0 Å². The van der Waals surface area contributed by atoms with Gasteiger partial charge in [0.25, 0.3) is 0 Å². The molecule has 3 bridgehead atoms. The summed E-state index contributed by atoms with van der Waals surface area (Å²) in [7, 11) is 0. The van der Waals surface area contributed by atoms with Crippen molar-refractivity contribution in [3.63, 3.8) is 0 Å². The lowest BCUT2D eigenvalue weighted by molar-refractivity contribution is 0.628. The monoisotopic (exact) mass is 219 g/mol. The van der Waals surface area contributed by atoms with E-state index in [0.717, 1.165) is 6.42 Å². The van der Waals surface area contributed by atoms with E-state index in [9.17, 15) is 0 Å². The molecule has 1 nitrogen and oxygen atoms in total. The molecule has 1 unspecified atom stereocenters. The highest BCUT2D eigenvalue weighted by Crippen LogP contribution is 2.40. The van der Waals surface area contributed by atoms with E-state index < -0.39 is 0 Å². The van der Waals surface area contributed by atoms with Crippen LogP contribution in [0.15, 0.2) is 54.8 Å². The third-order valence-electron chi connectivity index (χ3n) is 3.89. The Kier molecular flexibility index (Phi) is 1.60. The summed E-state index contributed by atoms with van der Waals surface area (Å²) in [6.45, 7) is 0. The summed E-state index contributed by atoms with van der Waals surface area (Å²) >= 11 is 0. The molecule has 1 aliphatic heterocycles. The van der Waals surface area contributed by atoms with Crippen LogP contribution in [0.3, 0.4) is 0 Å². The molecule has 0 saturated carbocycles. The summed E-state index contributed by atoms with van der Waals surface area (Å²) in [6.07, 6.45) is 16.3. The van der Waals surface area contributed by atoms with Crippen molar-refractivity contribution < 1.29 is 0 Å². The maximum Gasteiger partial charge on any atom is 0.0378 e. The maximum absolute atomic E-state index is 3.25. The predicted octanol–water partition coefficient (Wildman–Crippen LogP) is 1.36. The third kappa shape index (κ3) is 1.14. The van der Waals surface area contributed by atoms with Gasteiger partial charge in [0.2, 0.25) is 0 Å². The molecule has 2 aliphatic carbocycles. The quantitative estimate of drug-likeness (QED) is 0.694. The van der Waals surface area contributed by atoms with Crippen LogP contribution in [0.1, 0.15) is 5.56 Å². The first-order valence-corrected chi connectivity index (χ1v) is 6.01. The van der Waals surface area contributed by atoms with Crippen LogP contribution in [0, 0.1) is 5.41 Å². The van der Waals surface area contributed by atoms with Gasteiger partial charge in [-0.15, -0.1) is 0 Å². The highest BCUT2D eigenvalue weighted by Gasteiger charge is 2.32. The second kappa shape index (κ2) is 3.01. The van der Waals surface area contributed by atoms with Crippen molar-refractivity contribution in [2.24, 2.45) is 5.41 Å². The van der Waals surface area contributed by atoms with Gasteiger partial charge in [-0.05, 0) is 34.2 Å². The van der Waals surface area contributed by atoms with Crippen LogP contribution in [0.25, 0.3) is 11.8 Å². The first-order valence-electron chi connectivity index (χ1n) is 6.01. The maximum atomic E-state index is 3.25. The van der Waals surface area contributed by atoms with Gasteiger partial charge in [-0.1, -0.05) is 48.6 Å². The molecule has 1 heterocycles. The number of allylic oxidation sites excluding steroid dienone is 5. The van der Waals surface area contributed by atoms with E-state index in [1.165, 1.54) is 21.6 Å². The van der Waals surface area contributed by atoms with Crippen LogP contribution in [-0.4, -0.2) is 0 Å². The molecule has 0 aromatic heterocycles. The normalized spacial score (nSPS) is 28.8. The van der Waals surface area contributed by atoms with E-state index in [0.29, 0.717) is 0 Å². The van der Waals surface area contributed by atoms with Crippen molar-refractivity contribution in [1.82, 2.24) is 5.32 Å². The van der Waals surface area contributed by atoms with Crippen molar-refractivity contribution in [3.8, 4) is 0 Å². The zero-order valence-corrected chi connectivity index (χ0v) is 9.48. The number of rotatable bonds is 0. The zero-order chi connectivity index (χ0) is 11.3. The van der Waals surface area contributed by atoms with Gasteiger partial charge in [0, 0.05) is 11.6 Å². The van der Waals surface area contributed by atoms with E-state index in [-0.39, 0.29) is 5.41 Å². The van der Waals surface area contributed by atoms with Crippen LogP contribution < -0.4 is 15.8 Å². The molecule has 1 aromatic carbocycles. The Bertz CT molecular complexity index is 704. The molecule has 82 valence electrons. The largest absolute Gasteiger partial charge is 0.367 e. The molecule has 4 rings (SSSR count). The van der Waals surface area contributed by atoms with E-state index in [1.807, 2.05) is 0 Å². The Morgan fingerprint density at radius 3 is 3.12 bits per heavy atom. The van der Waals surface area contributed by atoms with Crippen molar-refractivity contribution in [3.05, 3.63) is 70.8 Å². The SMILES string of the molecule is C1=CC2=c3cc4ccc3=CN/C=C\C2(C=C1)C4. The average Bonchev–Trinajstić information content (AvgIpc) is 2.36.